The topological polar surface area (TPSA) is 66.4 Å². The number of fused-ring (bicyclic) bond motifs is 1. The minimum absolute atomic E-state index is 0.0206. The quantitative estimate of drug-likeness (QED) is 0.805. The number of piperidine rings is 1. The van der Waals surface area contributed by atoms with Crippen molar-refractivity contribution in [1.82, 2.24) is 19.8 Å². The fourth-order valence-electron chi connectivity index (χ4n) is 4.27. The van der Waals surface area contributed by atoms with E-state index in [4.69, 9.17) is 4.98 Å². The Morgan fingerprint density at radius 2 is 1.93 bits per heavy atom. The van der Waals surface area contributed by atoms with E-state index in [1.54, 1.807) is 6.92 Å². The van der Waals surface area contributed by atoms with Crippen molar-refractivity contribution < 1.29 is 9.59 Å². The van der Waals surface area contributed by atoms with E-state index in [0.717, 1.165) is 54.9 Å². The van der Waals surface area contributed by atoms with Crippen molar-refractivity contribution in [2.24, 2.45) is 0 Å². The van der Waals surface area contributed by atoms with Crippen LogP contribution in [0.3, 0.4) is 0 Å². The number of hydrogen-bond donors (Lipinski definition) is 0. The maximum atomic E-state index is 12.7. The smallest absolute Gasteiger partial charge is 0.227 e. The first-order valence-corrected chi connectivity index (χ1v) is 10.5. The monoisotopic (exact) mass is 392 g/mol. The highest BCUT2D eigenvalue weighted by molar-refractivity contribution is 5.79. The Kier molecular flexibility index (Phi) is 5.60. The van der Waals surface area contributed by atoms with Crippen molar-refractivity contribution in [1.29, 1.82) is 0 Å². The Hall–Kier alpha value is -2.76. The number of amides is 2. The Morgan fingerprint density at radius 1 is 1.14 bits per heavy atom. The highest BCUT2D eigenvalue weighted by Crippen LogP contribution is 2.30. The molecule has 2 aliphatic rings. The number of aromatic nitrogens is 2. The fraction of sp³-hybridized carbons (Fsp3) is 0.478. The van der Waals surface area contributed by atoms with E-state index >= 15 is 0 Å². The Morgan fingerprint density at radius 3 is 2.69 bits per heavy atom. The first-order chi connectivity index (χ1) is 14.0. The lowest BCUT2D eigenvalue weighted by Crippen LogP contribution is -2.39. The van der Waals surface area contributed by atoms with Crippen LogP contribution in [0.1, 0.15) is 60.4 Å². The van der Waals surface area contributed by atoms with Crippen LogP contribution in [0.4, 0.5) is 0 Å². The van der Waals surface area contributed by atoms with E-state index in [0.29, 0.717) is 19.5 Å². The molecule has 0 saturated carbocycles. The molecule has 6 nitrogen and oxygen atoms in total. The summed E-state index contributed by atoms with van der Waals surface area (Å²) in [5.74, 6) is 0.973. The van der Waals surface area contributed by atoms with E-state index in [-0.39, 0.29) is 17.9 Å². The van der Waals surface area contributed by atoms with Crippen molar-refractivity contribution in [3.8, 4) is 0 Å². The van der Waals surface area contributed by atoms with Crippen LogP contribution in [0.25, 0.3) is 0 Å². The molecule has 1 atom stereocenters. The summed E-state index contributed by atoms with van der Waals surface area (Å²) in [5, 5.41) is 0. The minimum Gasteiger partial charge on any atom is -0.338 e. The van der Waals surface area contributed by atoms with Gasteiger partial charge in [-0.1, -0.05) is 29.8 Å². The van der Waals surface area contributed by atoms with Gasteiger partial charge in [0.05, 0.1) is 18.2 Å². The molecule has 6 heteroatoms. The van der Waals surface area contributed by atoms with Crippen molar-refractivity contribution in [2.75, 3.05) is 13.1 Å². The first-order valence-electron chi connectivity index (χ1n) is 10.5. The standard InChI is InChI=1S/C23H28N4O2/c1-16-6-8-18(9-7-16)13-22(29)26-12-10-20-19(15-26)14-24-23(25-20)21-5-3-4-11-27(21)17(2)28/h6-9,14,21H,3-5,10-13,15H2,1-2H3/t21-/m1/s1. The maximum Gasteiger partial charge on any atom is 0.227 e. The van der Waals surface area contributed by atoms with Gasteiger partial charge < -0.3 is 9.80 Å². The molecule has 1 aromatic heterocycles. The Labute approximate surface area is 172 Å². The van der Waals surface area contributed by atoms with Gasteiger partial charge in [0.15, 0.2) is 5.82 Å². The lowest BCUT2D eigenvalue weighted by atomic mass is 10.00. The van der Waals surface area contributed by atoms with Crippen molar-refractivity contribution in [3.05, 3.63) is 58.7 Å². The highest BCUT2D eigenvalue weighted by atomic mass is 16.2. The van der Waals surface area contributed by atoms with Gasteiger partial charge in [-0.2, -0.15) is 0 Å². The van der Waals surface area contributed by atoms with Gasteiger partial charge in [0, 0.05) is 44.7 Å². The van der Waals surface area contributed by atoms with E-state index < -0.39 is 0 Å². The fourth-order valence-corrected chi connectivity index (χ4v) is 4.27. The van der Waals surface area contributed by atoms with Crippen LogP contribution in [-0.4, -0.2) is 44.7 Å². The number of likely N-dealkylation sites (tertiary alicyclic amines) is 1. The van der Waals surface area contributed by atoms with Crippen LogP contribution >= 0.6 is 0 Å². The highest BCUT2D eigenvalue weighted by Gasteiger charge is 2.29. The average molecular weight is 393 g/mol. The summed E-state index contributed by atoms with van der Waals surface area (Å²) in [4.78, 5) is 37.9. The van der Waals surface area contributed by atoms with Crippen LogP contribution in [-0.2, 0) is 29.0 Å². The Balaban J connectivity index is 1.45. The number of nitrogens with zero attached hydrogens (tertiary/aromatic N) is 4. The number of carbonyl (C=O) groups is 2. The molecular formula is C23H28N4O2. The van der Waals surface area contributed by atoms with Gasteiger partial charge in [-0.05, 0) is 31.7 Å². The molecule has 0 N–H and O–H groups in total. The summed E-state index contributed by atoms with van der Waals surface area (Å²) in [6, 6.07) is 8.10. The van der Waals surface area contributed by atoms with E-state index in [1.807, 2.05) is 47.2 Å². The molecular weight excluding hydrogens is 364 g/mol. The van der Waals surface area contributed by atoms with Crippen LogP contribution in [0.15, 0.2) is 30.5 Å². The van der Waals surface area contributed by atoms with Crippen molar-refractivity contribution in [3.63, 3.8) is 0 Å². The van der Waals surface area contributed by atoms with Gasteiger partial charge in [-0.15, -0.1) is 0 Å². The summed E-state index contributed by atoms with van der Waals surface area (Å²) in [7, 11) is 0. The molecule has 2 aliphatic heterocycles. The van der Waals surface area contributed by atoms with Gasteiger partial charge in [0.25, 0.3) is 0 Å². The summed E-state index contributed by atoms with van der Waals surface area (Å²) < 4.78 is 0. The Bertz CT molecular complexity index is 910. The molecule has 4 rings (SSSR count). The zero-order valence-electron chi connectivity index (χ0n) is 17.2. The third-order valence-electron chi connectivity index (χ3n) is 5.99. The van der Waals surface area contributed by atoms with E-state index in [9.17, 15) is 9.59 Å². The molecule has 0 bridgehead atoms. The van der Waals surface area contributed by atoms with E-state index in [1.165, 1.54) is 5.56 Å². The van der Waals surface area contributed by atoms with Crippen LogP contribution in [0.5, 0.6) is 0 Å². The molecule has 1 saturated heterocycles. The molecule has 0 radical (unpaired) electrons. The molecule has 29 heavy (non-hydrogen) atoms. The maximum absolute atomic E-state index is 12.7. The summed E-state index contributed by atoms with van der Waals surface area (Å²) >= 11 is 0. The molecule has 0 spiro atoms. The largest absolute Gasteiger partial charge is 0.338 e. The predicted octanol–water partition coefficient (Wildman–Crippen LogP) is 2.99. The minimum atomic E-state index is -0.0206. The number of carbonyl (C=O) groups excluding carboxylic acids is 2. The number of aryl methyl sites for hydroxylation is 1. The van der Waals surface area contributed by atoms with Crippen LogP contribution < -0.4 is 0 Å². The van der Waals surface area contributed by atoms with Gasteiger partial charge in [-0.3, -0.25) is 9.59 Å². The van der Waals surface area contributed by atoms with Crippen LogP contribution in [0.2, 0.25) is 0 Å². The molecule has 152 valence electrons. The molecule has 1 aromatic carbocycles. The zero-order chi connectivity index (χ0) is 20.4. The van der Waals surface area contributed by atoms with Gasteiger partial charge in [0.2, 0.25) is 11.8 Å². The lowest BCUT2D eigenvalue weighted by molar-refractivity contribution is -0.133. The molecule has 3 heterocycles. The summed E-state index contributed by atoms with van der Waals surface area (Å²) in [5.41, 5.74) is 4.27. The third kappa shape index (κ3) is 4.31. The number of rotatable bonds is 3. The molecule has 2 aromatic rings. The SMILES string of the molecule is CC(=O)N1CCCC[C@@H]1c1ncc2c(n1)CCN(C(=O)Cc1ccc(C)cc1)C2. The number of hydrogen-bond acceptors (Lipinski definition) is 4. The predicted molar refractivity (Wildman–Crippen MR) is 110 cm³/mol. The van der Waals surface area contributed by atoms with Gasteiger partial charge in [-0.25, -0.2) is 9.97 Å². The van der Waals surface area contributed by atoms with Crippen LogP contribution in [0, 0.1) is 6.92 Å². The summed E-state index contributed by atoms with van der Waals surface area (Å²) in [6.07, 6.45) is 6.06. The zero-order valence-corrected chi connectivity index (χ0v) is 17.2. The molecule has 2 amide bonds. The first kappa shape index (κ1) is 19.6. The second-order valence-electron chi connectivity index (χ2n) is 8.15. The third-order valence-corrected chi connectivity index (χ3v) is 5.99. The average Bonchev–Trinajstić information content (AvgIpc) is 2.74. The van der Waals surface area contributed by atoms with Gasteiger partial charge in [0.1, 0.15) is 0 Å². The second-order valence-corrected chi connectivity index (χ2v) is 8.15. The molecule has 1 fully saturated rings. The normalized spacial score (nSPS) is 19.0. The van der Waals surface area contributed by atoms with Crippen molar-refractivity contribution >= 4 is 11.8 Å². The molecule has 0 unspecified atom stereocenters. The number of benzene rings is 1. The molecule has 0 aliphatic carbocycles. The summed E-state index contributed by atoms with van der Waals surface area (Å²) in [6.45, 7) is 5.68. The van der Waals surface area contributed by atoms with E-state index in [2.05, 4.69) is 4.98 Å². The lowest BCUT2D eigenvalue weighted by Gasteiger charge is -2.35. The van der Waals surface area contributed by atoms with Gasteiger partial charge >= 0.3 is 0 Å². The second kappa shape index (κ2) is 8.31. The van der Waals surface area contributed by atoms with Crippen molar-refractivity contribution in [2.45, 2.75) is 58.5 Å².